The number of amides is 2. The number of aryl methyl sites for hydroxylation is 16. The standard InChI is InChI=1S/C10H12N2.C10H9NO2.C10H11NO.C10H13N.2C10H11N.C10H10O.C9H10N2.C9H9NO2/c1-7-5-4-6-9-10(7)8(2)11-12(9)3;1-6-4-3-5-7-8(6)11(2)10(13)9(7)12;1-7-4-3-5-8-6-9(12)11(2)10(7)8;2*1-8-4-3-5-9-6-7-11(2)10(8)9;2*1-7-4-3-5-9-10(7)8(2)6-11-9;1-7-4-3-5-8-9(7)11(2)6-10-8;1-6-4-3-5-7-8(6)10(2)9(11)12-7/h4-6H,1-3H3;3-5H,1-2H3;3-5H,6H2,1-2H3;3-5H,6-7H2,1-2H3;3-7H,1-2H3;3-6,11H,1-2H3;2*3-6H,1-2H3;3-5H,1-2H3. The number of imidazole rings is 1. The summed E-state index contributed by atoms with van der Waals surface area (Å²) in [6.45, 7) is 26.1. The Morgan fingerprint density at radius 1 is 0.452 bits per heavy atom. The van der Waals surface area contributed by atoms with Gasteiger partial charge in [0.25, 0.3) is 11.7 Å². The fourth-order valence-corrected chi connectivity index (χ4v) is 14.4. The van der Waals surface area contributed by atoms with Crippen LogP contribution in [0.1, 0.15) is 88.4 Å². The minimum atomic E-state index is -0.440. The molecule has 1 N–H and O–H groups in total. The molecule has 534 valence electrons. The van der Waals surface area contributed by atoms with Crippen molar-refractivity contribution >= 4 is 100 Å². The van der Waals surface area contributed by atoms with Crippen molar-refractivity contribution in [3.63, 3.8) is 0 Å². The fourth-order valence-electron chi connectivity index (χ4n) is 14.4. The second-order valence-electron chi connectivity index (χ2n) is 27.2. The number of nitrogens with zero attached hydrogens (tertiary/aromatic N) is 9. The summed E-state index contributed by atoms with van der Waals surface area (Å²) in [6.07, 6.45) is 9.58. The molecule has 9 heterocycles. The second kappa shape index (κ2) is 32.5. The van der Waals surface area contributed by atoms with E-state index in [9.17, 15) is 19.2 Å². The Hall–Kier alpha value is -11.8. The molecular weight excluding hydrogens is 1290 g/mol. The van der Waals surface area contributed by atoms with Gasteiger partial charge >= 0.3 is 5.76 Å². The SMILES string of the molecule is Cc1cccc2[nH]cc(C)c12.Cc1cccc2c1N(C)C(=O)C2.Cc1cccc2c1N(C)C(=O)C2=O.Cc1cccc2c1N(C)CC2.Cc1cccc2c1c(C)nn2C.Cc1cccc2ccn(C)c12.Cc1cccc2ncn(C)c12.Cc1cccc2oc(=O)n(C)c12.Cc1cccc2occ(C)c12. The van der Waals surface area contributed by atoms with Crippen molar-refractivity contribution in [3.05, 3.63) is 289 Å². The minimum Gasteiger partial charge on any atom is -0.464 e. The molecule has 0 atom stereocenters. The molecule has 0 bridgehead atoms. The smallest absolute Gasteiger partial charge is 0.419 e. The van der Waals surface area contributed by atoms with Crippen LogP contribution in [0.15, 0.2) is 208 Å². The Morgan fingerprint density at radius 2 is 1.00 bits per heavy atom. The number of furan rings is 1. The van der Waals surface area contributed by atoms with Crippen molar-refractivity contribution in [1.29, 1.82) is 0 Å². The van der Waals surface area contributed by atoms with E-state index in [1.165, 1.54) is 127 Å². The van der Waals surface area contributed by atoms with E-state index in [0.29, 0.717) is 17.6 Å². The van der Waals surface area contributed by atoms with E-state index in [2.05, 4.69) is 204 Å². The number of aromatic amines is 1. The predicted octanol–water partition coefficient (Wildman–Crippen LogP) is 18.5. The lowest BCUT2D eigenvalue weighted by atomic mass is 10.1. The molecule has 16 nitrogen and oxygen atoms in total. The first kappa shape index (κ1) is 74.9. The van der Waals surface area contributed by atoms with Crippen LogP contribution in [0.25, 0.3) is 65.8 Å². The number of ketones is 1. The molecule has 15 aromatic rings. The number of H-pyrrole nitrogens is 1. The quantitative estimate of drug-likeness (QED) is 0.145. The highest BCUT2D eigenvalue weighted by Crippen LogP contribution is 2.33. The number of benzene rings is 9. The van der Waals surface area contributed by atoms with Gasteiger partial charge in [0.2, 0.25) is 5.91 Å². The normalized spacial score (nSPS) is 12.3. The summed E-state index contributed by atoms with van der Waals surface area (Å²) in [5, 5.41) is 9.61. The molecule has 0 fully saturated rings. The molecule has 9 aromatic carbocycles. The maximum atomic E-state index is 11.4. The summed E-state index contributed by atoms with van der Waals surface area (Å²) in [5.41, 5.74) is 29.9. The molecule has 0 spiro atoms. The fraction of sp³-hybridized carbons (Fsp3) is 0.250. The van der Waals surface area contributed by atoms with Crippen molar-refractivity contribution in [2.45, 2.75) is 95.9 Å². The molecule has 16 heteroatoms. The zero-order chi connectivity index (χ0) is 75.0. The first-order valence-electron chi connectivity index (χ1n) is 35.0. The van der Waals surface area contributed by atoms with Crippen molar-refractivity contribution in [2.24, 2.45) is 28.2 Å². The monoisotopic (exact) mass is 1390 g/mol. The molecule has 104 heavy (non-hydrogen) atoms. The van der Waals surface area contributed by atoms with Gasteiger partial charge in [-0.2, -0.15) is 5.10 Å². The number of fused-ring (bicyclic) bond motifs is 9. The topological polar surface area (TPSA) is 166 Å². The average molecular weight is 1390 g/mol. The van der Waals surface area contributed by atoms with Crippen LogP contribution in [-0.4, -0.2) is 78.7 Å². The number of nitrogens with one attached hydrogen (secondary N) is 1. The highest BCUT2D eigenvalue weighted by atomic mass is 16.4. The van der Waals surface area contributed by atoms with Gasteiger partial charge in [-0.1, -0.05) is 127 Å². The third-order valence-corrected chi connectivity index (χ3v) is 19.5. The largest absolute Gasteiger partial charge is 0.464 e. The number of hydrogen-bond donors (Lipinski definition) is 1. The molecule has 0 aliphatic carbocycles. The molecule has 0 radical (unpaired) electrons. The molecular formula is C88H96N10O6. The number of carbonyl (C=O) groups is 3. The van der Waals surface area contributed by atoms with Gasteiger partial charge in [0.15, 0.2) is 5.58 Å². The Labute approximate surface area is 609 Å². The lowest BCUT2D eigenvalue weighted by Gasteiger charge is -2.13. The molecule has 6 aromatic heterocycles. The van der Waals surface area contributed by atoms with Gasteiger partial charge in [0.05, 0.1) is 63.5 Å². The number of carbonyl (C=O) groups excluding carboxylic acids is 3. The molecule has 0 saturated carbocycles. The number of oxazole rings is 1. The van der Waals surface area contributed by atoms with E-state index >= 15 is 0 Å². The summed E-state index contributed by atoms with van der Waals surface area (Å²) < 4.78 is 18.0. The molecule has 18 rings (SSSR count). The maximum absolute atomic E-state index is 11.4. The van der Waals surface area contributed by atoms with Crippen molar-refractivity contribution in [3.8, 4) is 0 Å². The predicted molar refractivity (Wildman–Crippen MR) is 428 cm³/mol. The number of likely N-dealkylation sites (N-methyl/N-ethyl adjacent to an activating group) is 3. The second-order valence-corrected chi connectivity index (χ2v) is 27.2. The molecule has 3 aliphatic rings. The average Bonchev–Trinajstić information content (AvgIpc) is 1.64. The van der Waals surface area contributed by atoms with Crippen molar-refractivity contribution in [2.75, 3.05) is 42.4 Å². The third kappa shape index (κ3) is 16.1. The number of para-hydroxylation sites is 6. The van der Waals surface area contributed by atoms with Gasteiger partial charge in [-0.15, -0.1) is 0 Å². The highest BCUT2D eigenvalue weighted by molar-refractivity contribution is 6.52. The maximum Gasteiger partial charge on any atom is 0.419 e. The van der Waals surface area contributed by atoms with Gasteiger partial charge in [-0.3, -0.25) is 23.6 Å². The number of aromatic nitrogens is 7. The van der Waals surface area contributed by atoms with Crippen molar-refractivity contribution < 1.29 is 23.2 Å². The van der Waals surface area contributed by atoms with E-state index in [1.807, 2.05) is 118 Å². The summed E-state index contributed by atoms with van der Waals surface area (Å²) in [4.78, 5) is 58.0. The van der Waals surface area contributed by atoms with Crippen LogP contribution in [0.4, 0.5) is 17.1 Å². The summed E-state index contributed by atoms with van der Waals surface area (Å²) in [7, 11) is 13.4. The van der Waals surface area contributed by atoms with E-state index in [0.717, 1.165) is 50.4 Å². The zero-order valence-electron chi connectivity index (χ0n) is 63.6. The summed E-state index contributed by atoms with van der Waals surface area (Å²) >= 11 is 0. The Bertz CT molecular complexity index is 5380. The van der Waals surface area contributed by atoms with Crippen molar-refractivity contribution in [1.82, 2.24) is 33.4 Å². The van der Waals surface area contributed by atoms with Crippen LogP contribution in [0.2, 0.25) is 0 Å². The summed E-state index contributed by atoms with van der Waals surface area (Å²) in [5.74, 6) is -0.955. The molecule has 2 amide bonds. The number of Topliss-reactive ketones (excluding diaryl/α,β-unsaturated/α-hetero) is 1. The van der Waals surface area contributed by atoms with Crippen LogP contribution in [0.3, 0.4) is 0 Å². The first-order valence-corrected chi connectivity index (χ1v) is 35.0. The van der Waals surface area contributed by atoms with Gasteiger partial charge in [0, 0.05) is 101 Å². The Morgan fingerprint density at radius 3 is 1.62 bits per heavy atom. The van der Waals surface area contributed by atoms with Crippen LogP contribution in [-0.2, 0) is 50.6 Å². The highest BCUT2D eigenvalue weighted by Gasteiger charge is 2.34. The first-order chi connectivity index (χ1) is 49.7. The van der Waals surface area contributed by atoms with Crippen LogP contribution >= 0.6 is 0 Å². The Kier molecular flexibility index (Phi) is 23.4. The van der Waals surface area contributed by atoms with Crippen LogP contribution in [0, 0.1) is 83.1 Å². The lowest BCUT2D eigenvalue weighted by Crippen LogP contribution is -2.25. The van der Waals surface area contributed by atoms with Gasteiger partial charge in [-0.05, 0) is 210 Å². The molecule has 3 aliphatic heterocycles. The summed E-state index contributed by atoms with van der Waals surface area (Å²) in [6, 6.07) is 57.0. The lowest BCUT2D eigenvalue weighted by molar-refractivity contribution is -0.117. The number of hydrogen-bond acceptors (Lipinski definition) is 9. The van der Waals surface area contributed by atoms with E-state index < -0.39 is 11.7 Å². The number of anilines is 3. The van der Waals surface area contributed by atoms with Gasteiger partial charge < -0.3 is 37.7 Å². The van der Waals surface area contributed by atoms with Crippen LogP contribution in [0.5, 0.6) is 0 Å². The van der Waals surface area contributed by atoms with E-state index in [1.54, 1.807) is 43.5 Å². The molecule has 0 unspecified atom stereocenters. The Balaban J connectivity index is 0.000000126. The van der Waals surface area contributed by atoms with E-state index in [4.69, 9.17) is 8.83 Å². The zero-order valence-corrected chi connectivity index (χ0v) is 63.6. The number of rotatable bonds is 0. The van der Waals surface area contributed by atoms with Gasteiger partial charge in [-0.25, -0.2) is 9.78 Å². The van der Waals surface area contributed by atoms with Crippen LogP contribution < -0.4 is 20.5 Å². The van der Waals surface area contributed by atoms with Gasteiger partial charge in [0.1, 0.15) is 5.58 Å². The molecule has 0 saturated heterocycles. The van der Waals surface area contributed by atoms with E-state index in [-0.39, 0.29) is 11.7 Å². The minimum absolute atomic E-state index is 0.194. The third-order valence-electron chi connectivity index (χ3n) is 19.5.